The molecule has 0 saturated carbocycles. The predicted molar refractivity (Wildman–Crippen MR) is 60.0 cm³/mol. The standard InChI is InChI=1S/C10H10OS2/c1-6-3-7-4-8(12-2)5-9(11)10(7)13-6/h3-5,11H,1-2H3. The zero-order valence-electron chi connectivity index (χ0n) is 7.50. The molecule has 0 amide bonds. The number of thioether (sulfide) groups is 1. The first-order valence-electron chi connectivity index (χ1n) is 3.98. The molecule has 0 aliphatic rings. The van der Waals surface area contributed by atoms with Crippen molar-refractivity contribution in [1.29, 1.82) is 0 Å². The molecule has 0 aliphatic heterocycles. The van der Waals surface area contributed by atoms with E-state index in [2.05, 4.69) is 19.1 Å². The average Bonchev–Trinajstić information content (AvgIpc) is 2.46. The van der Waals surface area contributed by atoms with Crippen molar-refractivity contribution in [2.75, 3.05) is 6.26 Å². The van der Waals surface area contributed by atoms with Gasteiger partial charge in [-0.2, -0.15) is 0 Å². The Morgan fingerprint density at radius 1 is 1.31 bits per heavy atom. The fraction of sp³-hybridized carbons (Fsp3) is 0.200. The minimum Gasteiger partial charge on any atom is -0.506 e. The van der Waals surface area contributed by atoms with E-state index in [1.807, 2.05) is 12.3 Å². The molecule has 0 saturated heterocycles. The van der Waals surface area contributed by atoms with E-state index < -0.39 is 0 Å². The van der Waals surface area contributed by atoms with Crippen LogP contribution >= 0.6 is 23.1 Å². The summed E-state index contributed by atoms with van der Waals surface area (Å²) >= 11 is 3.29. The fourth-order valence-electron chi connectivity index (χ4n) is 1.35. The molecule has 1 heterocycles. The maximum absolute atomic E-state index is 9.69. The smallest absolute Gasteiger partial charge is 0.134 e. The normalized spacial score (nSPS) is 10.9. The van der Waals surface area contributed by atoms with Crippen molar-refractivity contribution in [2.24, 2.45) is 0 Å². The Hall–Kier alpha value is -0.670. The maximum atomic E-state index is 9.69. The molecule has 2 rings (SSSR count). The fourth-order valence-corrected chi connectivity index (χ4v) is 2.74. The molecule has 68 valence electrons. The van der Waals surface area contributed by atoms with Gasteiger partial charge in [0.15, 0.2) is 0 Å². The van der Waals surface area contributed by atoms with Crippen LogP contribution in [0.5, 0.6) is 5.75 Å². The Kier molecular flexibility index (Phi) is 2.22. The van der Waals surface area contributed by atoms with Crippen molar-refractivity contribution < 1.29 is 5.11 Å². The molecule has 0 spiro atoms. The molecule has 1 nitrogen and oxygen atoms in total. The van der Waals surface area contributed by atoms with Gasteiger partial charge in [0.1, 0.15) is 5.75 Å². The van der Waals surface area contributed by atoms with Crippen molar-refractivity contribution >= 4 is 33.2 Å². The van der Waals surface area contributed by atoms with Crippen molar-refractivity contribution in [3.63, 3.8) is 0 Å². The maximum Gasteiger partial charge on any atom is 0.134 e. The summed E-state index contributed by atoms with van der Waals surface area (Å²) in [5.74, 6) is 0.403. The molecule has 1 N–H and O–H groups in total. The lowest BCUT2D eigenvalue weighted by molar-refractivity contribution is 0.481. The molecule has 0 atom stereocenters. The van der Waals surface area contributed by atoms with E-state index in [0.29, 0.717) is 5.75 Å². The summed E-state index contributed by atoms with van der Waals surface area (Å²) in [6.45, 7) is 2.06. The number of aryl methyl sites for hydroxylation is 1. The van der Waals surface area contributed by atoms with Gasteiger partial charge in [-0.05, 0) is 36.8 Å². The Morgan fingerprint density at radius 3 is 2.77 bits per heavy atom. The third-order valence-corrected chi connectivity index (χ3v) is 3.72. The van der Waals surface area contributed by atoms with Gasteiger partial charge < -0.3 is 5.11 Å². The summed E-state index contributed by atoms with van der Waals surface area (Å²) in [5.41, 5.74) is 0. The van der Waals surface area contributed by atoms with Crippen LogP contribution in [0.3, 0.4) is 0 Å². The van der Waals surface area contributed by atoms with Crippen LogP contribution in [-0.2, 0) is 0 Å². The lowest BCUT2D eigenvalue weighted by Crippen LogP contribution is -1.70. The first kappa shape index (κ1) is 8.91. The quantitative estimate of drug-likeness (QED) is 0.725. The SMILES string of the molecule is CSc1cc(O)c2sc(C)cc2c1. The third kappa shape index (κ3) is 1.54. The molecule has 0 radical (unpaired) electrons. The largest absolute Gasteiger partial charge is 0.506 e. The second-order valence-corrected chi connectivity index (χ2v) is 5.06. The summed E-state index contributed by atoms with van der Waals surface area (Å²) < 4.78 is 0.996. The van der Waals surface area contributed by atoms with Crippen molar-refractivity contribution in [3.8, 4) is 5.75 Å². The first-order valence-corrected chi connectivity index (χ1v) is 6.02. The Bertz CT molecular complexity index is 445. The number of hydrogen-bond donors (Lipinski definition) is 1. The van der Waals surface area contributed by atoms with Crippen LogP contribution in [-0.4, -0.2) is 11.4 Å². The van der Waals surface area contributed by atoms with Gasteiger partial charge in [0.25, 0.3) is 0 Å². The van der Waals surface area contributed by atoms with Crippen LogP contribution in [0.1, 0.15) is 4.88 Å². The number of benzene rings is 1. The monoisotopic (exact) mass is 210 g/mol. The molecule has 3 heteroatoms. The van der Waals surface area contributed by atoms with E-state index in [1.165, 1.54) is 4.88 Å². The van der Waals surface area contributed by atoms with Gasteiger partial charge in [0.2, 0.25) is 0 Å². The number of phenolic OH excluding ortho intramolecular Hbond substituents is 1. The highest BCUT2D eigenvalue weighted by Gasteiger charge is 2.05. The Balaban J connectivity index is 2.75. The lowest BCUT2D eigenvalue weighted by Gasteiger charge is -1.98. The minimum atomic E-state index is 0.403. The zero-order valence-corrected chi connectivity index (χ0v) is 9.13. The highest BCUT2D eigenvalue weighted by atomic mass is 32.2. The van der Waals surface area contributed by atoms with Gasteiger partial charge in [-0.3, -0.25) is 0 Å². The summed E-state index contributed by atoms with van der Waals surface area (Å²) in [5, 5.41) is 10.8. The summed E-state index contributed by atoms with van der Waals surface area (Å²) in [6.07, 6.45) is 2.01. The predicted octanol–water partition coefficient (Wildman–Crippen LogP) is 3.64. The highest BCUT2D eigenvalue weighted by molar-refractivity contribution is 7.98. The number of rotatable bonds is 1. The van der Waals surface area contributed by atoms with Crippen LogP contribution < -0.4 is 0 Å². The van der Waals surface area contributed by atoms with E-state index >= 15 is 0 Å². The third-order valence-electron chi connectivity index (χ3n) is 1.93. The highest BCUT2D eigenvalue weighted by Crippen LogP contribution is 2.35. The van der Waals surface area contributed by atoms with Crippen LogP contribution in [0, 0.1) is 6.92 Å². The van der Waals surface area contributed by atoms with Gasteiger partial charge in [0.05, 0.1) is 4.70 Å². The topological polar surface area (TPSA) is 20.2 Å². The molecule has 1 aromatic heterocycles. The number of thiophene rings is 1. The first-order chi connectivity index (χ1) is 6.20. The molecule has 13 heavy (non-hydrogen) atoms. The van der Waals surface area contributed by atoms with Crippen LogP contribution in [0.2, 0.25) is 0 Å². The van der Waals surface area contributed by atoms with E-state index in [4.69, 9.17) is 0 Å². The molecular weight excluding hydrogens is 200 g/mol. The van der Waals surface area contributed by atoms with Crippen LogP contribution in [0.15, 0.2) is 23.1 Å². The molecule has 0 bridgehead atoms. The molecule has 1 aromatic carbocycles. The number of hydrogen-bond acceptors (Lipinski definition) is 3. The van der Waals surface area contributed by atoms with Crippen LogP contribution in [0.4, 0.5) is 0 Å². The lowest BCUT2D eigenvalue weighted by atomic mass is 10.2. The Morgan fingerprint density at radius 2 is 2.08 bits per heavy atom. The van der Waals surface area contributed by atoms with Crippen LogP contribution in [0.25, 0.3) is 10.1 Å². The summed E-state index contributed by atoms with van der Waals surface area (Å²) in [6, 6.07) is 6.05. The average molecular weight is 210 g/mol. The van der Waals surface area contributed by atoms with Gasteiger partial charge in [-0.25, -0.2) is 0 Å². The molecule has 0 fully saturated rings. The van der Waals surface area contributed by atoms with Crippen molar-refractivity contribution in [2.45, 2.75) is 11.8 Å². The van der Waals surface area contributed by atoms with Gasteiger partial charge in [0, 0.05) is 9.77 Å². The zero-order chi connectivity index (χ0) is 9.42. The number of aromatic hydroxyl groups is 1. The van der Waals surface area contributed by atoms with Gasteiger partial charge in [-0.15, -0.1) is 23.1 Å². The number of phenols is 1. The minimum absolute atomic E-state index is 0.403. The summed E-state index contributed by atoms with van der Waals surface area (Å²) in [7, 11) is 0. The van der Waals surface area contributed by atoms with E-state index in [1.54, 1.807) is 23.1 Å². The van der Waals surface area contributed by atoms with E-state index in [-0.39, 0.29) is 0 Å². The molecule has 2 aromatic rings. The van der Waals surface area contributed by atoms with E-state index in [9.17, 15) is 5.11 Å². The molecular formula is C10H10OS2. The van der Waals surface area contributed by atoms with Crippen molar-refractivity contribution in [3.05, 3.63) is 23.1 Å². The van der Waals surface area contributed by atoms with Crippen molar-refractivity contribution in [1.82, 2.24) is 0 Å². The van der Waals surface area contributed by atoms with Gasteiger partial charge in [-0.1, -0.05) is 0 Å². The van der Waals surface area contributed by atoms with Gasteiger partial charge >= 0.3 is 0 Å². The Labute approximate surface area is 85.4 Å². The second-order valence-electron chi connectivity index (χ2n) is 2.92. The van der Waals surface area contributed by atoms with E-state index in [0.717, 1.165) is 15.0 Å². The summed E-state index contributed by atoms with van der Waals surface area (Å²) in [4.78, 5) is 2.35. The molecule has 0 aliphatic carbocycles. The second kappa shape index (κ2) is 3.24. The molecule has 0 unspecified atom stereocenters. The number of fused-ring (bicyclic) bond motifs is 1.